The van der Waals surface area contributed by atoms with Crippen LogP contribution in [0.15, 0.2) is 174 Å². The van der Waals surface area contributed by atoms with Gasteiger partial charge in [-0.2, -0.15) is 0 Å². The Morgan fingerprint density at radius 3 is 1.67 bits per heavy atom. The molecule has 210 valence electrons. The molecule has 9 rings (SSSR count). The Bertz CT molecular complexity index is 2960. The van der Waals surface area contributed by atoms with Crippen molar-refractivity contribution in [1.82, 2.24) is 0 Å². The largest absolute Gasteiger partial charge is 0.455 e. The van der Waals surface area contributed by atoms with Crippen LogP contribution >= 0.6 is 0 Å². The fourth-order valence-electron chi connectivity index (χ4n) is 6.54. The maximum Gasteiger partial charge on any atom is 0.143 e. The molecule has 45 heavy (non-hydrogen) atoms. The molecule has 0 bridgehead atoms. The summed E-state index contributed by atoms with van der Waals surface area (Å²) in [6.07, 6.45) is 0. The van der Waals surface area contributed by atoms with Crippen LogP contribution in [0.5, 0.6) is 0 Å². The summed E-state index contributed by atoms with van der Waals surface area (Å²) < 4.78 is 85.2. The molecule has 1 aromatic heterocycles. The van der Waals surface area contributed by atoms with E-state index in [1.54, 1.807) is 0 Å². The summed E-state index contributed by atoms with van der Waals surface area (Å²) in [7, 11) is 0. The first kappa shape index (κ1) is 18.0. The van der Waals surface area contributed by atoms with Gasteiger partial charge in [0.25, 0.3) is 0 Å². The highest BCUT2D eigenvalue weighted by atomic mass is 16.3. The monoisotopic (exact) mass is 581 g/mol. The average molecular weight is 582 g/mol. The molecule has 0 N–H and O–H groups in total. The molecule has 0 aliphatic heterocycles. The SMILES string of the molecule is [2H]c1c([2H])c([2H])c(-c2c([2H])c([2H])c([2H])c(-c3c4ccccc4c(-c4ccc(-c5ccccc5)c5oc6ccccc6c45)c4ccccc34)c2[2H])c([2H])c1[2H]. The predicted molar refractivity (Wildman–Crippen MR) is 190 cm³/mol. The van der Waals surface area contributed by atoms with Crippen molar-refractivity contribution < 1.29 is 16.8 Å². The zero-order valence-electron chi connectivity index (χ0n) is 32.9. The summed E-state index contributed by atoms with van der Waals surface area (Å²) in [6.45, 7) is 0. The number of benzene rings is 8. The van der Waals surface area contributed by atoms with Crippen molar-refractivity contribution >= 4 is 43.5 Å². The Balaban J connectivity index is 1.43. The summed E-state index contributed by atoms with van der Waals surface area (Å²) in [5.41, 5.74) is 5.18. The van der Waals surface area contributed by atoms with Crippen molar-refractivity contribution in [2.45, 2.75) is 0 Å². The Labute approximate surface area is 274 Å². The zero-order chi connectivity index (χ0) is 37.6. The zero-order valence-corrected chi connectivity index (χ0v) is 23.9. The van der Waals surface area contributed by atoms with Crippen molar-refractivity contribution in [3.63, 3.8) is 0 Å². The van der Waals surface area contributed by atoms with Crippen molar-refractivity contribution in [3.05, 3.63) is 170 Å². The highest BCUT2D eigenvalue weighted by Crippen LogP contribution is 2.48. The van der Waals surface area contributed by atoms with E-state index in [9.17, 15) is 2.74 Å². The van der Waals surface area contributed by atoms with Crippen LogP contribution in [0.2, 0.25) is 0 Å². The van der Waals surface area contributed by atoms with Gasteiger partial charge in [-0.05, 0) is 78.7 Å². The van der Waals surface area contributed by atoms with Gasteiger partial charge in [0.2, 0.25) is 0 Å². The van der Waals surface area contributed by atoms with E-state index in [0.717, 1.165) is 55.0 Å². The Kier molecular flexibility index (Phi) is 4.15. The van der Waals surface area contributed by atoms with E-state index in [2.05, 4.69) is 30.3 Å². The molecule has 0 radical (unpaired) electrons. The van der Waals surface area contributed by atoms with E-state index >= 15 is 0 Å². The van der Waals surface area contributed by atoms with E-state index in [4.69, 9.17) is 14.0 Å². The van der Waals surface area contributed by atoms with Gasteiger partial charge >= 0.3 is 0 Å². The summed E-state index contributed by atoms with van der Waals surface area (Å²) in [5.74, 6) is 0. The van der Waals surface area contributed by atoms with Crippen molar-refractivity contribution in [3.8, 4) is 44.5 Å². The molecule has 0 unspecified atom stereocenters. The Morgan fingerprint density at radius 1 is 0.400 bits per heavy atom. The Hall–Kier alpha value is -5.92. The summed E-state index contributed by atoms with van der Waals surface area (Å²) >= 11 is 0. The van der Waals surface area contributed by atoms with Crippen LogP contribution in [-0.4, -0.2) is 0 Å². The quantitative estimate of drug-likeness (QED) is 0.188. The van der Waals surface area contributed by atoms with Crippen molar-refractivity contribution in [1.29, 1.82) is 0 Å². The lowest BCUT2D eigenvalue weighted by atomic mass is 9.84. The minimum Gasteiger partial charge on any atom is -0.455 e. The topological polar surface area (TPSA) is 13.1 Å². The standard InChI is InChI=1S/C44H28O/c1-3-14-29(15-4-1)31-18-13-19-32(28-31)41-34-20-7-9-22-36(34)42(37-23-10-8-21-35(37)41)39-27-26-33(30-16-5-2-6-17-30)44-43(39)38-24-11-12-25-40(38)45-44/h1-28H/i1D,3D,4D,13D,14D,15D,18D,19D,28D. The van der Waals surface area contributed by atoms with Gasteiger partial charge < -0.3 is 4.42 Å². The molecule has 0 aliphatic carbocycles. The smallest absolute Gasteiger partial charge is 0.143 e. The molecular weight excluding hydrogens is 544 g/mol. The van der Waals surface area contributed by atoms with E-state index in [1.807, 2.05) is 84.9 Å². The third-order valence-corrected chi connectivity index (χ3v) is 8.44. The molecular formula is C44H28O. The molecule has 0 atom stereocenters. The van der Waals surface area contributed by atoms with Crippen LogP contribution in [-0.2, 0) is 0 Å². The third kappa shape index (κ3) is 4.09. The van der Waals surface area contributed by atoms with Crippen molar-refractivity contribution in [2.75, 3.05) is 0 Å². The fraction of sp³-hybridized carbons (Fsp3) is 0. The molecule has 1 heterocycles. The van der Waals surface area contributed by atoms with Gasteiger partial charge in [-0.15, -0.1) is 0 Å². The van der Waals surface area contributed by atoms with Crippen LogP contribution in [0.25, 0.3) is 88.0 Å². The maximum atomic E-state index is 9.57. The average Bonchev–Trinajstić information content (AvgIpc) is 3.60. The third-order valence-electron chi connectivity index (χ3n) is 8.44. The van der Waals surface area contributed by atoms with E-state index in [0.29, 0.717) is 16.3 Å². The highest BCUT2D eigenvalue weighted by molar-refractivity contribution is 6.26. The minimum absolute atomic E-state index is 0.0371. The number of hydrogen-bond acceptors (Lipinski definition) is 1. The highest BCUT2D eigenvalue weighted by Gasteiger charge is 2.22. The van der Waals surface area contributed by atoms with E-state index in [-0.39, 0.29) is 28.8 Å². The van der Waals surface area contributed by atoms with E-state index < -0.39 is 42.3 Å². The van der Waals surface area contributed by atoms with E-state index in [1.165, 1.54) is 0 Å². The molecule has 8 aromatic carbocycles. The molecule has 0 fully saturated rings. The van der Waals surface area contributed by atoms with Crippen LogP contribution in [0.1, 0.15) is 12.3 Å². The molecule has 1 heteroatoms. The van der Waals surface area contributed by atoms with Gasteiger partial charge in [0.1, 0.15) is 11.2 Å². The number of fused-ring (bicyclic) bond motifs is 5. The minimum atomic E-state index is -0.607. The molecule has 0 spiro atoms. The number of furan rings is 1. The lowest BCUT2D eigenvalue weighted by Crippen LogP contribution is -1.92. The van der Waals surface area contributed by atoms with Crippen molar-refractivity contribution in [2.24, 2.45) is 0 Å². The van der Waals surface area contributed by atoms with Gasteiger partial charge in [0, 0.05) is 16.3 Å². The molecule has 0 saturated heterocycles. The molecule has 1 nitrogen and oxygen atoms in total. The summed E-state index contributed by atoms with van der Waals surface area (Å²) in [6, 6.07) is 32.9. The first-order valence-corrected chi connectivity index (χ1v) is 14.7. The molecule has 0 aliphatic rings. The van der Waals surface area contributed by atoms with Gasteiger partial charge in [-0.3, -0.25) is 0 Å². The van der Waals surface area contributed by atoms with Gasteiger partial charge in [-0.25, -0.2) is 0 Å². The number of rotatable bonds is 4. The first-order chi connectivity index (χ1) is 26.1. The predicted octanol–water partition coefficient (Wildman–Crippen LogP) is 12.6. The van der Waals surface area contributed by atoms with Crippen LogP contribution < -0.4 is 0 Å². The van der Waals surface area contributed by atoms with Crippen LogP contribution in [0.3, 0.4) is 0 Å². The Morgan fingerprint density at radius 2 is 0.956 bits per heavy atom. The first-order valence-electron chi connectivity index (χ1n) is 19.2. The lowest BCUT2D eigenvalue weighted by Gasteiger charge is -2.19. The summed E-state index contributed by atoms with van der Waals surface area (Å²) in [5, 5.41) is 4.89. The lowest BCUT2D eigenvalue weighted by molar-refractivity contribution is 0.670. The molecule has 0 saturated carbocycles. The second-order valence-electron chi connectivity index (χ2n) is 10.9. The molecule has 0 amide bonds. The van der Waals surface area contributed by atoms with Gasteiger partial charge in [-0.1, -0.05) is 151 Å². The van der Waals surface area contributed by atoms with Crippen LogP contribution in [0, 0.1) is 0 Å². The van der Waals surface area contributed by atoms with Gasteiger partial charge in [0.15, 0.2) is 0 Å². The fourth-order valence-corrected chi connectivity index (χ4v) is 6.54. The second-order valence-corrected chi connectivity index (χ2v) is 10.9. The number of para-hydroxylation sites is 1. The van der Waals surface area contributed by atoms with Gasteiger partial charge in [0.05, 0.1) is 12.3 Å². The normalized spacial score (nSPS) is 14.4. The summed E-state index contributed by atoms with van der Waals surface area (Å²) in [4.78, 5) is 0. The second kappa shape index (κ2) is 10.4. The molecule has 9 aromatic rings. The van der Waals surface area contributed by atoms with Crippen LogP contribution in [0.4, 0.5) is 0 Å². The maximum absolute atomic E-state index is 9.57. The number of hydrogen-bond donors (Lipinski definition) is 0.